The predicted octanol–water partition coefficient (Wildman–Crippen LogP) is 13.6. The summed E-state index contributed by atoms with van der Waals surface area (Å²) in [6.07, 6.45) is 46.8. The molecule has 0 aliphatic carbocycles. The Balaban J connectivity index is 4.34. The van der Waals surface area contributed by atoms with Gasteiger partial charge in [-0.25, -0.2) is 0 Å². The first-order valence-corrected chi connectivity index (χ1v) is 21.6. The Morgan fingerprint density at radius 3 is 1.21 bits per heavy atom. The zero-order valence-corrected chi connectivity index (χ0v) is 34.1. The van der Waals surface area contributed by atoms with Gasteiger partial charge in [-0.05, 0) is 77.0 Å². The molecule has 1 atom stereocenters. The Bertz CT molecular complexity index is 933. The van der Waals surface area contributed by atoms with E-state index in [0.717, 1.165) is 89.9 Å². The lowest BCUT2D eigenvalue weighted by molar-refractivity contribution is -0.167. The molecule has 0 saturated heterocycles. The molecule has 52 heavy (non-hydrogen) atoms. The SMILES string of the molecule is CC/C=C\C/C=C\C/C=C\CCCCCC(=O)OC(COC(=O)CCCCCCCC)COC(=O)CCCCCCC/C=C\CCCCCCCC. The van der Waals surface area contributed by atoms with Crippen LogP contribution >= 0.6 is 0 Å². The second kappa shape index (κ2) is 41.1. The highest BCUT2D eigenvalue weighted by Gasteiger charge is 2.19. The summed E-state index contributed by atoms with van der Waals surface area (Å²) in [6, 6.07) is 0. The molecule has 0 bridgehead atoms. The molecule has 0 saturated carbocycles. The van der Waals surface area contributed by atoms with Gasteiger partial charge in [0.15, 0.2) is 6.10 Å². The van der Waals surface area contributed by atoms with Crippen LogP contribution in [0.5, 0.6) is 0 Å². The van der Waals surface area contributed by atoms with E-state index in [-0.39, 0.29) is 31.1 Å². The van der Waals surface area contributed by atoms with Crippen molar-refractivity contribution in [3.8, 4) is 0 Å². The van der Waals surface area contributed by atoms with Gasteiger partial charge in [-0.15, -0.1) is 0 Å². The van der Waals surface area contributed by atoms with E-state index in [2.05, 4.69) is 69.4 Å². The van der Waals surface area contributed by atoms with Crippen molar-refractivity contribution in [3.63, 3.8) is 0 Å². The van der Waals surface area contributed by atoms with Gasteiger partial charge < -0.3 is 14.2 Å². The number of unbranched alkanes of at least 4 members (excludes halogenated alkanes) is 19. The first-order chi connectivity index (χ1) is 25.5. The minimum Gasteiger partial charge on any atom is -0.462 e. The van der Waals surface area contributed by atoms with Crippen LogP contribution < -0.4 is 0 Å². The molecule has 6 nitrogen and oxygen atoms in total. The van der Waals surface area contributed by atoms with Crippen molar-refractivity contribution in [2.75, 3.05) is 13.2 Å². The van der Waals surface area contributed by atoms with Crippen LogP contribution in [0.1, 0.15) is 207 Å². The van der Waals surface area contributed by atoms with Gasteiger partial charge in [-0.3, -0.25) is 14.4 Å². The second-order valence-corrected chi connectivity index (χ2v) is 14.2. The molecule has 0 aromatic heterocycles. The van der Waals surface area contributed by atoms with Crippen molar-refractivity contribution in [2.24, 2.45) is 0 Å². The Labute approximate surface area is 320 Å². The maximum absolute atomic E-state index is 12.6. The van der Waals surface area contributed by atoms with Gasteiger partial charge in [0, 0.05) is 19.3 Å². The fourth-order valence-electron chi connectivity index (χ4n) is 5.80. The average Bonchev–Trinajstić information content (AvgIpc) is 3.14. The van der Waals surface area contributed by atoms with Gasteiger partial charge in [0.25, 0.3) is 0 Å². The van der Waals surface area contributed by atoms with Crippen LogP contribution in [0.4, 0.5) is 0 Å². The smallest absolute Gasteiger partial charge is 0.306 e. The molecule has 0 aromatic rings. The van der Waals surface area contributed by atoms with E-state index in [0.29, 0.717) is 19.3 Å². The van der Waals surface area contributed by atoms with Crippen LogP contribution in [0.3, 0.4) is 0 Å². The Hall–Kier alpha value is -2.63. The molecule has 0 N–H and O–H groups in total. The standard InChI is InChI=1S/C46H80O6/c1-4-7-10-13-16-18-20-22-23-25-26-28-30-33-36-39-45(48)51-42-43(41-50-44(47)38-35-32-15-12-9-6-3)52-46(49)40-37-34-31-29-27-24-21-19-17-14-11-8-5-2/h8,11,17,19,22-24,27,43H,4-7,9-10,12-16,18,20-21,25-26,28-42H2,1-3H3/b11-8-,19-17-,23-22-,27-24-. The van der Waals surface area contributed by atoms with Crippen molar-refractivity contribution in [2.45, 2.75) is 213 Å². The van der Waals surface area contributed by atoms with Gasteiger partial charge >= 0.3 is 17.9 Å². The number of allylic oxidation sites excluding steroid dienone is 8. The van der Waals surface area contributed by atoms with Gasteiger partial charge in [0.05, 0.1) is 0 Å². The minimum absolute atomic E-state index is 0.0881. The molecule has 300 valence electrons. The third-order valence-electron chi connectivity index (χ3n) is 9.07. The molecule has 6 heteroatoms. The fourth-order valence-corrected chi connectivity index (χ4v) is 5.80. The van der Waals surface area contributed by atoms with E-state index in [4.69, 9.17) is 14.2 Å². The van der Waals surface area contributed by atoms with Crippen LogP contribution in [0.2, 0.25) is 0 Å². The molecule has 0 aliphatic heterocycles. The highest BCUT2D eigenvalue weighted by atomic mass is 16.6. The van der Waals surface area contributed by atoms with Crippen LogP contribution in [-0.2, 0) is 28.6 Å². The molecule has 0 heterocycles. The summed E-state index contributed by atoms with van der Waals surface area (Å²) in [5.74, 6) is -0.940. The van der Waals surface area contributed by atoms with Crippen LogP contribution in [0, 0.1) is 0 Å². The zero-order valence-electron chi connectivity index (χ0n) is 34.1. The lowest BCUT2D eigenvalue weighted by atomic mass is 10.1. The molecule has 0 rings (SSSR count). The fraction of sp³-hybridized carbons (Fsp3) is 0.761. The molecular weight excluding hydrogens is 648 g/mol. The lowest BCUT2D eigenvalue weighted by Gasteiger charge is -2.18. The average molecular weight is 729 g/mol. The topological polar surface area (TPSA) is 78.9 Å². The van der Waals surface area contributed by atoms with E-state index in [9.17, 15) is 14.4 Å². The van der Waals surface area contributed by atoms with Crippen LogP contribution in [0.15, 0.2) is 48.6 Å². The third-order valence-corrected chi connectivity index (χ3v) is 9.07. The summed E-state index contributed by atoms with van der Waals surface area (Å²) in [5, 5.41) is 0. The van der Waals surface area contributed by atoms with Gasteiger partial charge in [0.2, 0.25) is 0 Å². The van der Waals surface area contributed by atoms with Crippen molar-refractivity contribution in [1.82, 2.24) is 0 Å². The zero-order chi connectivity index (χ0) is 38.0. The summed E-state index contributed by atoms with van der Waals surface area (Å²) in [4.78, 5) is 37.5. The van der Waals surface area contributed by atoms with Crippen LogP contribution in [-0.4, -0.2) is 37.2 Å². The summed E-state index contributed by atoms with van der Waals surface area (Å²) in [5.41, 5.74) is 0. The highest BCUT2D eigenvalue weighted by Crippen LogP contribution is 2.12. The number of ether oxygens (including phenoxy) is 3. The molecule has 0 fully saturated rings. The molecule has 0 aliphatic rings. The van der Waals surface area contributed by atoms with E-state index in [1.54, 1.807) is 0 Å². The number of esters is 3. The number of carbonyl (C=O) groups excluding carboxylic acids is 3. The largest absolute Gasteiger partial charge is 0.462 e. The number of hydrogen-bond acceptors (Lipinski definition) is 6. The molecule has 0 radical (unpaired) electrons. The Morgan fingerprint density at radius 2 is 0.750 bits per heavy atom. The third kappa shape index (κ3) is 38.6. The van der Waals surface area contributed by atoms with Crippen molar-refractivity contribution >= 4 is 17.9 Å². The number of hydrogen-bond donors (Lipinski definition) is 0. The molecular formula is C46H80O6. The first-order valence-electron chi connectivity index (χ1n) is 21.6. The van der Waals surface area contributed by atoms with Crippen LogP contribution in [0.25, 0.3) is 0 Å². The van der Waals surface area contributed by atoms with E-state index in [1.807, 2.05) is 0 Å². The Morgan fingerprint density at radius 1 is 0.404 bits per heavy atom. The van der Waals surface area contributed by atoms with Gasteiger partial charge in [0.1, 0.15) is 13.2 Å². The predicted molar refractivity (Wildman–Crippen MR) is 219 cm³/mol. The number of carbonyl (C=O) groups is 3. The molecule has 0 amide bonds. The van der Waals surface area contributed by atoms with E-state index in [1.165, 1.54) is 77.0 Å². The molecule has 0 aromatic carbocycles. The van der Waals surface area contributed by atoms with E-state index < -0.39 is 6.10 Å². The van der Waals surface area contributed by atoms with Crippen molar-refractivity contribution in [3.05, 3.63) is 48.6 Å². The maximum Gasteiger partial charge on any atom is 0.306 e. The first kappa shape index (κ1) is 49.4. The number of rotatable bonds is 38. The highest BCUT2D eigenvalue weighted by molar-refractivity contribution is 5.71. The normalized spacial score (nSPS) is 12.4. The van der Waals surface area contributed by atoms with E-state index >= 15 is 0 Å². The maximum atomic E-state index is 12.6. The summed E-state index contributed by atoms with van der Waals surface area (Å²) in [7, 11) is 0. The van der Waals surface area contributed by atoms with Gasteiger partial charge in [-0.2, -0.15) is 0 Å². The minimum atomic E-state index is -0.785. The lowest BCUT2D eigenvalue weighted by Crippen LogP contribution is -2.30. The van der Waals surface area contributed by atoms with Gasteiger partial charge in [-0.1, -0.05) is 159 Å². The molecule has 0 spiro atoms. The monoisotopic (exact) mass is 729 g/mol. The quantitative estimate of drug-likeness (QED) is 0.0272. The van der Waals surface area contributed by atoms with Crippen molar-refractivity contribution < 1.29 is 28.6 Å². The second-order valence-electron chi connectivity index (χ2n) is 14.2. The summed E-state index contributed by atoms with van der Waals surface area (Å²) in [6.45, 7) is 6.41. The Kier molecular flexibility index (Phi) is 39.1. The van der Waals surface area contributed by atoms with Crippen molar-refractivity contribution in [1.29, 1.82) is 0 Å². The summed E-state index contributed by atoms with van der Waals surface area (Å²) >= 11 is 0. The molecule has 1 unspecified atom stereocenters. The summed E-state index contributed by atoms with van der Waals surface area (Å²) < 4.78 is 16.6.